The Morgan fingerprint density at radius 3 is 2.50 bits per heavy atom. The number of benzene rings is 1. The molecule has 1 N–H and O–H groups in total. The van der Waals surface area contributed by atoms with E-state index >= 15 is 0 Å². The van der Waals surface area contributed by atoms with Crippen LogP contribution in [-0.4, -0.2) is 26.8 Å². The van der Waals surface area contributed by atoms with Gasteiger partial charge < -0.3 is 5.11 Å². The average Bonchev–Trinajstić information content (AvgIpc) is 2.25. The minimum absolute atomic E-state index is 0.231. The van der Waals surface area contributed by atoms with E-state index in [1.807, 2.05) is 18.2 Å². The highest BCUT2D eigenvalue weighted by atomic mass is 32.2. The van der Waals surface area contributed by atoms with E-state index in [4.69, 9.17) is 5.11 Å². The topological polar surface area (TPSA) is 54.4 Å². The SMILES string of the molecule is O=C(O)C[S@@](=O)CCCCc1ccccc1. The van der Waals surface area contributed by atoms with Crippen LogP contribution >= 0.6 is 0 Å². The summed E-state index contributed by atoms with van der Waals surface area (Å²) in [5.41, 5.74) is 1.27. The lowest BCUT2D eigenvalue weighted by atomic mass is 10.1. The smallest absolute Gasteiger partial charge is 0.316 e. The lowest BCUT2D eigenvalue weighted by Crippen LogP contribution is -2.11. The Balaban J connectivity index is 2.13. The van der Waals surface area contributed by atoms with Crippen LogP contribution in [-0.2, 0) is 22.0 Å². The zero-order valence-corrected chi connectivity index (χ0v) is 9.91. The highest BCUT2D eigenvalue weighted by Gasteiger charge is 2.04. The van der Waals surface area contributed by atoms with Gasteiger partial charge in [-0.25, -0.2) is 0 Å². The molecule has 0 unspecified atom stereocenters. The number of aryl methyl sites for hydroxylation is 1. The predicted molar refractivity (Wildman–Crippen MR) is 64.9 cm³/mol. The Kier molecular flexibility index (Phi) is 5.78. The lowest BCUT2D eigenvalue weighted by Gasteiger charge is -2.01. The molecule has 0 spiro atoms. The number of hydrogen-bond acceptors (Lipinski definition) is 2. The first-order valence-corrected chi connectivity index (χ1v) is 6.78. The van der Waals surface area contributed by atoms with Gasteiger partial charge in [-0.1, -0.05) is 30.3 Å². The van der Waals surface area contributed by atoms with E-state index in [2.05, 4.69) is 12.1 Å². The van der Waals surface area contributed by atoms with Crippen LogP contribution in [0.5, 0.6) is 0 Å². The van der Waals surface area contributed by atoms with Crippen LogP contribution in [0.25, 0.3) is 0 Å². The second-order valence-electron chi connectivity index (χ2n) is 3.62. The Hall–Kier alpha value is -1.16. The van der Waals surface area contributed by atoms with E-state index in [9.17, 15) is 9.00 Å². The lowest BCUT2D eigenvalue weighted by molar-refractivity contribution is -0.133. The third kappa shape index (κ3) is 5.66. The van der Waals surface area contributed by atoms with Crippen molar-refractivity contribution in [3.05, 3.63) is 35.9 Å². The van der Waals surface area contributed by atoms with Crippen molar-refractivity contribution in [3.63, 3.8) is 0 Å². The van der Waals surface area contributed by atoms with Gasteiger partial charge in [0.2, 0.25) is 0 Å². The molecular weight excluding hydrogens is 224 g/mol. The summed E-state index contributed by atoms with van der Waals surface area (Å²) in [6.45, 7) is 0. The molecule has 16 heavy (non-hydrogen) atoms. The third-order valence-corrected chi connectivity index (χ3v) is 3.53. The molecule has 0 heterocycles. The molecule has 88 valence electrons. The summed E-state index contributed by atoms with van der Waals surface area (Å²) in [5.74, 6) is -0.730. The number of aliphatic carboxylic acids is 1. The van der Waals surface area contributed by atoms with Crippen molar-refractivity contribution in [1.29, 1.82) is 0 Å². The number of carbonyl (C=O) groups is 1. The van der Waals surface area contributed by atoms with Gasteiger partial charge in [-0.15, -0.1) is 0 Å². The zero-order valence-electron chi connectivity index (χ0n) is 9.09. The number of rotatable bonds is 7. The Bertz CT molecular complexity index is 349. The van der Waals surface area contributed by atoms with Gasteiger partial charge in [0, 0.05) is 16.6 Å². The van der Waals surface area contributed by atoms with Gasteiger partial charge in [0.1, 0.15) is 5.75 Å². The summed E-state index contributed by atoms with van der Waals surface area (Å²) in [4.78, 5) is 10.3. The van der Waals surface area contributed by atoms with Crippen molar-refractivity contribution >= 4 is 16.8 Å². The van der Waals surface area contributed by atoms with E-state index in [-0.39, 0.29) is 5.75 Å². The number of unbranched alkanes of at least 4 members (excludes halogenated alkanes) is 1. The maximum absolute atomic E-state index is 11.2. The number of carboxylic acid groups (broad SMARTS) is 1. The molecule has 0 aliphatic heterocycles. The van der Waals surface area contributed by atoms with Crippen molar-refractivity contribution in [2.24, 2.45) is 0 Å². The van der Waals surface area contributed by atoms with Gasteiger partial charge in [0.15, 0.2) is 0 Å². The summed E-state index contributed by atoms with van der Waals surface area (Å²) >= 11 is 0. The molecule has 1 atom stereocenters. The number of hydrogen-bond donors (Lipinski definition) is 1. The van der Waals surface area contributed by atoms with Gasteiger partial charge in [0.05, 0.1) is 0 Å². The summed E-state index contributed by atoms with van der Waals surface area (Å²) in [6.07, 6.45) is 2.73. The van der Waals surface area contributed by atoms with Crippen LogP contribution in [0.2, 0.25) is 0 Å². The van der Waals surface area contributed by atoms with Crippen LogP contribution in [0.1, 0.15) is 18.4 Å². The molecule has 0 aromatic heterocycles. The molecule has 0 fully saturated rings. The van der Waals surface area contributed by atoms with Gasteiger partial charge in [-0.05, 0) is 24.8 Å². The first-order valence-electron chi connectivity index (χ1n) is 5.29. The normalized spacial score (nSPS) is 12.2. The second kappa shape index (κ2) is 7.17. The molecule has 4 heteroatoms. The maximum Gasteiger partial charge on any atom is 0.316 e. The fraction of sp³-hybridized carbons (Fsp3) is 0.417. The molecule has 0 saturated heterocycles. The van der Waals surface area contributed by atoms with Crippen LogP contribution in [0.3, 0.4) is 0 Å². The molecule has 0 amide bonds. The fourth-order valence-electron chi connectivity index (χ4n) is 1.45. The summed E-state index contributed by atoms with van der Waals surface area (Å²) in [5, 5.41) is 8.43. The van der Waals surface area contributed by atoms with Crippen molar-refractivity contribution < 1.29 is 14.1 Å². The Morgan fingerprint density at radius 2 is 1.88 bits per heavy atom. The molecule has 1 aromatic carbocycles. The van der Waals surface area contributed by atoms with Gasteiger partial charge >= 0.3 is 5.97 Å². The van der Waals surface area contributed by atoms with Crippen LogP contribution in [0, 0.1) is 0 Å². The first-order chi connectivity index (χ1) is 7.68. The van der Waals surface area contributed by atoms with Crippen molar-refractivity contribution in [3.8, 4) is 0 Å². The molecule has 0 aliphatic rings. The minimum Gasteiger partial charge on any atom is -0.481 e. The van der Waals surface area contributed by atoms with Crippen LogP contribution in [0.15, 0.2) is 30.3 Å². The van der Waals surface area contributed by atoms with Crippen molar-refractivity contribution in [2.45, 2.75) is 19.3 Å². The van der Waals surface area contributed by atoms with Gasteiger partial charge in [-0.2, -0.15) is 0 Å². The average molecular weight is 240 g/mol. The van der Waals surface area contributed by atoms with Gasteiger partial charge in [-0.3, -0.25) is 9.00 Å². The quantitative estimate of drug-likeness (QED) is 0.740. The molecule has 1 aromatic rings. The largest absolute Gasteiger partial charge is 0.481 e. The summed E-state index contributed by atoms with van der Waals surface area (Å²) < 4.78 is 11.2. The van der Waals surface area contributed by atoms with E-state index in [1.165, 1.54) is 5.56 Å². The monoisotopic (exact) mass is 240 g/mol. The summed E-state index contributed by atoms with van der Waals surface area (Å²) in [7, 11) is -1.21. The maximum atomic E-state index is 11.2. The molecule has 0 aliphatic carbocycles. The second-order valence-corrected chi connectivity index (χ2v) is 5.20. The van der Waals surface area contributed by atoms with Gasteiger partial charge in [0.25, 0.3) is 0 Å². The van der Waals surface area contributed by atoms with Crippen molar-refractivity contribution in [2.75, 3.05) is 11.5 Å². The third-order valence-electron chi connectivity index (χ3n) is 2.21. The highest BCUT2D eigenvalue weighted by Crippen LogP contribution is 2.04. The van der Waals surface area contributed by atoms with Crippen LogP contribution in [0.4, 0.5) is 0 Å². The number of carboxylic acids is 1. The zero-order chi connectivity index (χ0) is 11.8. The molecule has 0 radical (unpaired) electrons. The van der Waals surface area contributed by atoms with Crippen LogP contribution < -0.4 is 0 Å². The predicted octanol–water partition coefficient (Wildman–Crippen LogP) is 1.84. The molecular formula is C12H16O3S. The Morgan fingerprint density at radius 1 is 1.19 bits per heavy atom. The standard InChI is InChI=1S/C12H16O3S/c13-12(14)10-16(15)9-5-4-8-11-6-2-1-3-7-11/h1-3,6-7H,4-5,8-10H2,(H,13,14)/t16-/m0/s1. The van der Waals surface area contributed by atoms with Crippen molar-refractivity contribution in [1.82, 2.24) is 0 Å². The molecule has 3 nitrogen and oxygen atoms in total. The molecule has 0 saturated carbocycles. The van der Waals surface area contributed by atoms with E-state index in [0.29, 0.717) is 5.75 Å². The molecule has 0 bridgehead atoms. The van der Waals surface area contributed by atoms with E-state index in [0.717, 1.165) is 19.3 Å². The summed E-state index contributed by atoms with van der Waals surface area (Å²) in [6, 6.07) is 10.1. The van der Waals surface area contributed by atoms with E-state index < -0.39 is 16.8 Å². The Labute approximate surface area is 98.0 Å². The molecule has 1 rings (SSSR count). The highest BCUT2D eigenvalue weighted by molar-refractivity contribution is 7.85. The fourth-order valence-corrected chi connectivity index (χ4v) is 2.39. The minimum atomic E-state index is -1.21. The first kappa shape index (κ1) is 12.9. The van der Waals surface area contributed by atoms with E-state index in [1.54, 1.807) is 0 Å².